The number of aromatic nitrogens is 2. The first-order valence-corrected chi connectivity index (χ1v) is 16.1. The van der Waals surface area contributed by atoms with Gasteiger partial charge in [-0.3, -0.25) is 0 Å². The molecular weight excluding hydrogens is 560 g/mol. The van der Waals surface area contributed by atoms with Crippen LogP contribution in [0.15, 0.2) is 72.9 Å². The normalized spacial score (nSPS) is 14.3. The summed E-state index contributed by atoms with van der Waals surface area (Å²) < 4.78 is 5.98. The van der Waals surface area contributed by atoms with Gasteiger partial charge in [0.05, 0.1) is 22.3 Å². The van der Waals surface area contributed by atoms with Crippen LogP contribution in [0.2, 0.25) is 5.02 Å². The number of nitrogens with zero attached hydrogens (tertiary/aromatic N) is 3. The first-order chi connectivity index (χ1) is 20.6. The Morgan fingerprint density at radius 3 is 2.45 bits per heavy atom. The molecule has 1 fully saturated rings. The molecule has 1 N–H and O–H groups in total. The van der Waals surface area contributed by atoms with Gasteiger partial charge in [-0.2, -0.15) is 5.26 Å². The van der Waals surface area contributed by atoms with E-state index >= 15 is 0 Å². The van der Waals surface area contributed by atoms with Crippen LogP contribution in [0.3, 0.4) is 0 Å². The molecule has 1 aliphatic rings. The maximum Gasteiger partial charge on any atom is 0.127 e. The standard InChI is InChI=1S/C35H35ClN4OS/c1-2-33-34(24-6-11-28(12-7-24)41-29-13-9-27(36)10-14-29)39-35(42-33)25-17-21-40(22-18-25)20-4-3-5-30-26(23-37)8-15-32-31(30)16-19-38-32/h6-16,19,25,38H,2-5,17-18,20-22H2,1H3. The molecule has 0 bridgehead atoms. The van der Waals surface area contributed by atoms with Gasteiger partial charge in [-0.15, -0.1) is 11.3 Å². The van der Waals surface area contributed by atoms with Crippen LogP contribution in [0.25, 0.3) is 22.2 Å². The lowest BCUT2D eigenvalue weighted by Crippen LogP contribution is -2.33. The van der Waals surface area contributed by atoms with Crippen LogP contribution >= 0.6 is 22.9 Å². The number of H-pyrrole nitrogens is 1. The number of likely N-dealkylation sites (tertiary alicyclic amines) is 1. The molecule has 0 amide bonds. The molecule has 3 aromatic carbocycles. The highest BCUT2D eigenvalue weighted by Gasteiger charge is 2.24. The number of thiazole rings is 1. The maximum absolute atomic E-state index is 9.58. The molecule has 6 rings (SSSR count). The van der Waals surface area contributed by atoms with Gasteiger partial charge in [0, 0.05) is 38.5 Å². The van der Waals surface area contributed by atoms with E-state index in [0.29, 0.717) is 10.9 Å². The number of hydrogen-bond donors (Lipinski definition) is 1. The predicted molar refractivity (Wildman–Crippen MR) is 173 cm³/mol. The summed E-state index contributed by atoms with van der Waals surface area (Å²) in [5.74, 6) is 2.10. The number of aromatic amines is 1. The molecule has 7 heteroatoms. The van der Waals surface area contributed by atoms with Crippen LogP contribution in [-0.4, -0.2) is 34.5 Å². The summed E-state index contributed by atoms with van der Waals surface area (Å²) in [7, 11) is 0. The lowest BCUT2D eigenvalue weighted by molar-refractivity contribution is 0.209. The number of fused-ring (bicyclic) bond motifs is 1. The monoisotopic (exact) mass is 594 g/mol. The molecule has 0 radical (unpaired) electrons. The molecule has 0 spiro atoms. The molecule has 3 heterocycles. The number of benzene rings is 3. The predicted octanol–water partition coefficient (Wildman–Crippen LogP) is 9.37. The number of aryl methyl sites for hydroxylation is 2. The molecule has 0 aliphatic carbocycles. The van der Waals surface area contributed by atoms with E-state index in [1.54, 1.807) is 0 Å². The third-order valence-corrected chi connectivity index (χ3v) is 9.88. The maximum atomic E-state index is 9.58. The van der Waals surface area contributed by atoms with E-state index in [0.717, 1.165) is 92.0 Å². The highest BCUT2D eigenvalue weighted by atomic mass is 35.5. The van der Waals surface area contributed by atoms with E-state index in [4.69, 9.17) is 21.3 Å². The Bertz CT molecular complexity index is 1680. The van der Waals surface area contributed by atoms with Gasteiger partial charge >= 0.3 is 0 Å². The van der Waals surface area contributed by atoms with E-state index in [-0.39, 0.29) is 0 Å². The van der Waals surface area contributed by atoms with Gasteiger partial charge in [-0.1, -0.05) is 18.5 Å². The molecule has 5 aromatic rings. The molecule has 1 aliphatic heterocycles. The summed E-state index contributed by atoms with van der Waals surface area (Å²) in [6.07, 6.45) is 8.45. The third-order valence-electron chi connectivity index (χ3n) is 8.27. The molecule has 0 unspecified atom stereocenters. The number of unbranched alkanes of at least 4 members (excludes halogenated alkanes) is 1. The molecule has 42 heavy (non-hydrogen) atoms. The summed E-state index contributed by atoms with van der Waals surface area (Å²) in [6, 6.07) is 24.1. The SMILES string of the molecule is CCc1sc(C2CCN(CCCCc3c(C#N)ccc4[nH]ccc34)CC2)nc1-c1ccc(Oc2ccc(Cl)cc2)cc1. The van der Waals surface area contributed by atoms with Gasteiger partial charge in [-0.25, -0.2) is 4.98 Å². The fourth-order valence-corrected chi connectivity index (χ4v) is 7.26. The van der Waals surface area contributed by atoms with Gasteiger partial charge in [0.2, 0.25) is 0 Å². The molecule has 1 saturated heterocycles. The molecule has 0 saturated carbocycles. The van der Waals surface area contributed by atoms with Crippen molar-refractivity contribution in [1.29, 1.82) is 5.26 Å². The molecule has 2 aromatic heterocycles. The second-order valence-corrected chi connectivity index (χ2v) is 12.5. The van der Waals surface area contributed by atoms with Crippen molar-refractivity contribution < 1.29 is 4.74 Å². The Morgan fingerprint density at radius 1 is 1.00 bits per heavy atom. The fraction of sp³-hybridized carbons (Fsp3) is 0.314. The minimum absolute atomic E-state index is 0.530. The second-order valence-electron chi connectivity index (χ2n) is 11.0. The quantitative estimate of drug-likeness (QED) is 0.164. The van der Waals surface area contributed by atoms with Crippen molar-refractivity contribution in [3.63, 3.8) is 0 Å². The summed E-state index contributed by atoms with van der Waals surface area (Å²) in [5, 5.41) is 12.7. The van der Waals surface area contributed by atoms with Gasteiger partial charge in [0.1, 0.15) is 11.5 Å². The van der Waals surface area contributed by atoms with Gasteiger partial charge in [-0.05, 0) is 130 Å². The summed E-state index contributed by atoms with van der Waals surface area (Å²) >= 11 is 7.88. The van der Waals surface area contributed by atoms with E-state index in [2.05, 4.69) is 41.1 Å². The van der Waals surface area contributed by atoms with Crippen molar-refractivity contribution in [2.75, 3.05) is 19.6 Å². The van der Waals surface area contributed by atoms with Gasteiger partial charge in [0.15, 0.2) is 0 Å². The highest BCUT2D eigenvalue weighted by molar-refractivity contribution is 7.12. The summed E-state index contributed by atoms with van der Waals surface area (Å²) in [6.45, 7) is 5.58. The Morgan fingerprint density at radius 2 is 1.74 bits per heavy atom. The Balaban J connectivity index is 1.02. The van der Waals surface area contributed by atoms with Crippen LogP contribution in [0.4, 0.5) is 0 Å². The van der Waals surface area contributed by atoms with E-state index < -0.39 is 0 Å². The molecular formula is C35H35ClN4OS. The second kappa shape index (κ2) is 13.1. The number of halogens is 1. The van der Waals surface area contributed by atoms with Gasteiger partial charge < -0.3 is 14.6 Å². The van der Waals surface area contributed by atoms with Crippen LogP contribution in [-0.2, 0) is 12.8 Å². The minimum atomic E-state index is 0.530. The Labute approximate surface area is 256 Å². The number of hydrogen-bond acceptors (Lipinski definition) is 5. The Kier molecular flexibility index (Phi) is 8.90. The average molecular weight is 595 g/mol. The zero-order valence-corrected chi connectivity index (χ0v) is 25.5. The third kappa shape index (κ3) is 6.39. The van der Waals surface area contributed by atoms with Crippen LogP contribution in [0.1, 0.15) is 59.5 Å². The smallest absolute Gasteiger partial charge is 0.127 e. The minimum Gasteiger partial charge on any atom is -0.457 e. The molecule has 214 valence electrons. The summed E-state index contributed by atoms with van der Waals surface area (Å²) in [4.78, 5) is 12.4. The van der Waals surface area contributed by atoms with Crippen molar-refractivity contribution in [3.05, 3.63) is 99.0 Å². The largest absolute Gasteiger partial charge is 0.457 e. The molecule has 0 atom stereocenters. The van der Waals surface area contributed by atoms with Gasteiger partial charge in [0.25, 0.3) is 0 Å². The van der Waals surface area contributed by atoms with Crippen LogP contribution < -0.4 is 4.74 Å². The number of nitriles is 1. The van der Waals surface area contributed by atoms with Crippen molar-refractivity contribution in [2.24, 2.45) is 0 Å². The zero-order valence-electron chi connectivity index (χ0n) is 23.9. The van der Waals surface area contributed by atoms with Crippen molar-refractivity contribution >= 4 is 33.8 Å². The number of ether oxygens (including phenoxy) is 1. The average Bonchev–Trinajstić information content (AvgIpc) is 3.69. The highest BCUT2D eigenvalue weighted by Crippen LogP contribution is 2.37. The first kappa shape index (κ1) is 28.5. The fourth-order valence-electron chi connectivity index (χ4n) is 5.94. The van der Waals surface area contributed by atoms with E-state index in [1.165, 1.54) is 20.8 Å². The van der Waals surface area contributed by atoms with Crippen molar-refractivity contribution in [3.8, 4) is 28.8 Å². The Hall–Kier alpha value is -3.63. The first-order valence-electron chi connectivity index (χ1n) is 14.9. The van der Waals surface area contributed by atoms with Crippen molar-refractivity contribution in [1.82, 2.24) is 14.9 Å². The lowest BCUT2D eigenvalue weighted by Gasteiger charge is -2.31. The zero-order chi connectivity index (χ0) is 28.9. The molecule has 5 nitrogen and oxygen atoms in total. The van der Waals surface area contributed by atoms with E-state index in [9.17, 15) is 5.26 Å². The topological polar surface area (TPSA) is 64.9 Å². The van der Waals surface area contributed by atoms with Crippen molar-refractivity contribution in [2.45, 2.75) is 51.4 Å². The van der Waals surface area contributed by atoms with Crippen LogP contribution in [0.5, 0.6) is 11.5 Å². The van der Waals surface area contributed by atoms with Crippen LogP contribution in [0, 0.1) is 11.3 Å². The number of nitrogens with one attached hydrogen (secondary N) is 1. The summed E-state index contributed by atoms with van der Waals surface area (Å²) in [5.41, 5.74) is 5.37. The van der Waals surface area contributed by atoms with E-state index in [1.807, 2.05) is 66.1 Å². The number of piperidine rings is 1. The lowest BCUT2D eigenvalue weighted by atomic mass is 9.96. The number of rotatable bonds is 10.